The molecule has 0 aliphatic heterocycles. The Bertz CT molecular complexity index is 542. The molecule has 0 aliphatic carbocycles. The van der Waals surface area contributed by atoms with E-state index in [1.165, 1.54) is 11.3 Å². The lowest BCUT2D eigenvalue weighted by atomic mass is 10.2. The number of nitrogens with zero attached hydrogens (tertiary/aromatic N) is 3. The van der Waals surface area contributed by atoms with Gasteiger partial charge >= 0.3 is 5.97 Å². The van der Waals surface area contributed by atoms with Crippen molar-refractivity contribution in [3.63, 3.8) is 0 Å². The van der Waals surface area contributed by atoms with E-state index in [1.807, 2.05) is 6.92 Å². The first-order chi connectivity index (χ1) is 7.50. The molecular weight excluding hydrogens is 294 g/mol. The summed E-state index contributed by atoms with van der Waals surface area (Å²) < 4.78 is 2.24. The molecule has 0 spiro atoms. The average molecular weight is 302 g/mol. The van der Waals surface area contributed by atoms with E-state index in [0.717, 1.165) is 16.1 Å². The van der Waals surface area contributed by atoms with E-state index >= 15 is 0 Å². The van der Waals surface area contributed by atoms with Crippen LogP contribution >= 0.6 is 27.3 Å². The van der Waals surface area contributed by atoms with Crippen LogP contribution in [0.15, 0.2) is 10.7 Å². The lowest BCUT2D eigenvalue weighted by Crippen LogP contribution is -1.93. The van der Waals surface area contributed by atoms with Crippen LogP contribution in [0, 0.1) is 6.92 Å². The monoisotopic (exact) mass is 301 g/mol. The van der Waals surface area contributed by atoms with Crippen LogP contribution in [-0.2, 0) is 7.05 Å². The Morgan fingerprint density at radius 3 is 2.75 bits per heavy atom. The lowest BCUT2D eigenvalue weighted by Gasteiger charge is -1.99. The summed E-state index contributed by atoms with van der Waals surface area (Å²) in [7, 11) is 1.77. The van der Waals surface area contributed by atoms with E-state index in [9.17, 15) is 4.79 Å². The maximum atomic E-state index is 10.9. The molecule has 7 heteroatoms. The molecule has 0 aromatic carbocycles. The number of aromatic nitrogens is 3. The van der Waals surface area contributed by atoms with Crippen molar-refractivity contribution in [2.45, 2.75) is 6.92 Å². The molecule has 5 nitrogen and oxygen atoms in total. The van der Waals surface area contributed by atoms with E-state index in [4.69, 9.17) is 5.11 Å². The van der Waals surface area contributed by atoms with Crippen molar-refractivity contribution in [3.8, 4) is 10.6 Å². The predicted octanol–water partition coefficient (Wildman–Crippen LogP) is 2.31. The van der Waals surface area contributed by atoms with Gasteiger partial charge in [-0.25, -0.2) is 9.48 Å². The third kappa shape index (κ3) is 1.76. The minimum atomic E-state index is -0.911. The van der Waals surface area contributed by atoms with Gasteiger partial charge in [0.2, 0.25) is 0 Å². The SMILES string of the molecule is Cc1cc(C(=O)O)sc1-c1c(Br)nnn1C. The van der Waals surface area contributed by atoms with Gasteiger partial charge in [0.05, 0.1) is 4.88 Å². The van der Waals surface area contributed by atoms with Crippen molar-refractivity contribution >= 4 is 33.2 Å². The number of hydrogen-bond acceptors (Lipinski definition) is 4. The highest BCUT2D eigenvalue weighted by Crippen LogP contribution is 2.35. The van der Waals surface area contributed by atoms with Crippen molar-refractivity contribution in [1.82, 2.24) is 15.0 Å². The molecule has 2 aromatic heterocycles. The quantitative estimate of drug-likeness (QED) is 0.924. The summed E-state index contributed by atoms with van der Waals surface area (Å²) in [6.45, 7) is 1.87. The van der Waals surface area contributed by atoms with Crippen molar-refractivity contribution in [3.05, 3.63) is 21.1 Å². The van der Waals surface area contributed by atoms with E-state index < -0.39 is 5.97 Å². The molecule has 0 unspecified atom stereocenters. The molecular formula is C9H8BrN3O2S. The maximum Gasteiger partial charge on any atom is 0.345 e. The Balaban J connectivity index is 2.61. The molecule has 1 N–H and O–H groups in total. The topological polar surface area (TPSA) is 68.0 Å². The van der Waals surface area contributed by atoms with Crippen LogP contribution in [-0.4, -0.2) is 26.1 Å². The first-order valence-corrected chi connectivity index (χ1v) is 6.01. The van der Waals surface area contributed by atoms with E-state index in [-0.39, 0.29) is 0 Å². The summed E-state index contributed by atoms with van der Waals surface area (Å²) in [6.07, 6.45) is 0. The van der Waals surface area contributed by atoms with Crippen LogP contribution in [0.1, 0.15) is 15.2 Å². The molecule has 2 aromatic rings. The van der Waals surface area contributed by atoms with Gasteiger partial charge in [0.25, 0.3) is 0 Å². The number of carboxylic acid groups (broad SMARTS) is 1. The zero-order chi connectivity index (χ0) is 11.9. The molecule has 0 aliphatic rings. The van der Waals surface area contributed by atoms with Gasteiger partial charge in [-0.2, -0.15) is 0 Å². The van der Waals surface area contributed by atoms with Gasteiger partial charge in [0, 0.05) is 7.05 Å². The Hall–Kier alpha value is -1.21. The summed E-state index contributed by atoms with van der Waals surface area (Å²) >= 11 is 4.52. The van der Waals surface area contributed by atoms with Crippen molar-refractivity contribution in [2.24, 2.45) is 7.05 Å². The van der Waals surface area contributed by atoms with Crippen molar-refractivity contribution in [2.75, 3.05) is 0 Å². The summed E-state index contributed by atoms with van der Waals surface area (Å²) in [5.74, 6) is -0.911. The van der Waals surface area contributed by atoms with Gasteiger partial charge in [0.1, 0.15) is 10.6 Å². The van der Waals surface area contributed by atoms with E-state index in [1.54, 1.807) is 17.8 Å². The normalized spacial score (nSPS) is 10.7. The Morgan fingerprint density at radius 2 is 2.31 bits per heavy atom. The highest BCUT2D eigenvalue weighted by Gasteiger charge is 2.18. The minimum absolute atomic E-state index is 0.320. The third-order valence-corrected chi connectivity index (χ3v) is 3.90. The average Bonchev–Trinajstić information content (AvgIpc) is 2.71. The predicted molar refractivity (Wildman–Crippen MR) is 63.7 cm³/mol. The van der Waals surface area contributed by atoms with Gasteiger partial charge < -0.3 is 5.11 Å². The molecule has 2 rings (SSSR count). The summed E-state index contributed by atoms with van der Waals surface area (Å²) in [4.78, 5) is 12.1. The van der Waals surface area contributed by atoms with E-state index in [2.05, 4.69) is 26.2 Å². The molecule has 0 atom stereocenters. The number of halogens is 1. The molecule has 0 radical (unpaired) electrons. The van der Waals surface area contributed by atoms with Crippen LogP contribution in [0.2, 0.25) is 0 Å². The number of hydrogen-bond donors (Lipinski definition) is 1. The smallest absolute Gasteiger partial charge is 0.345 e. The first-order valence-electron chi connectivity index (χ1n) is 4.40. The number of carboxylic acids is 1. The fraction of sp³-hybridized carbons (Fsp3) is 0.222. The maximum absolute atomic E-state index is 10.9. The van der Waals surface area contributed by atoms with Crippen molar-refractivity contribution in [1.29, 1.82) is 0 Å². The Labute approximate surface area is 104 Å². The second kappa shape index (κ2) is 3.99. The second-order valence-corrected chi connectivity index (χ2v) is 5.08. The molecule has 0 amide bonds. The third-order valence-electron chi connectivity index (χ3n) is 2.13. The lowest BCUT2D eigenvalue weighted by molar-refractivity contribution is 0.0702. The highest BCUT2D eigenvalue weighted by atomic mass is 79.9. The molecule has 84 valence electrons. The molecule has 0 saturated carbocycles. The summed E-state index contributed by atoms with van der Waals surface area (Å²) in [5.41, 5.74) is 1.71. The first kappa shape index (κ1) is 11.3. The second-order valence-electron chi connectivity index (χ2n) is 3.28. The van der Waals surface area contributed by atoms with Crippen LogP contribution < -0.4 is 0 Å². The number of rotatable bonds is 2. The number of carbonyl (C=O) groups is 1. The fourth-order valence-electron chi connectivity index (χ4n) is 1.40. The number of aryl methyl sites for hydroxylation is 2. The largest absolute Gasteiger partial charge is 0.477 e. The van der Waals surface area contributed by atoms with Crippen LogP contribution in [0.5, 0.6) is 0 Å². The summed E-state index contributed by atoms with van der Waals surface area (Å²) in [5, 5.41) is 16.7. The minimum Gasteiger partial charge on any atom is -0.477 e. The number of aromatic carboxylic acids is 1. The fourth-order valence-corrected chi connectivity index (χ4v) is 3.14. The van der Waals surface area contributed by atoms with Gasteiger partial charge in [0.15, 0.2) is 4.60 Å². The van der Waals surface area contributed by atoms with Gasteiger partial charge in [-0.1, -0.05) is 5.21 Å². The Morgan fingerprint density at radius 1 is 1.62 bits per heavy atom. The van der Waals surface area contributed by atoms with Gasteiger partial charge in [-0.3, -0.25) is 0 Å². The van der Waals surface area contributed by atoms with Crippen LogP contribution in [0.3, 0.4) is 0 Å². The van der Waals surface area contributed by atoms with Crippen molar-refractivity contribution < 1.29 is 9.90 Å². The van der Waals surface area contributed by atoms with Crippen LogP contribution in [0.25, 0.3) is 10.6 Å². The standard InChI is InChI=1S/C9H8BrN3O2S/c1-4-3-5(9(14)15)16-7(4)6-8(10)11-12-13(6)2/h3H,1-2H3,(H,14,15). The molecule has 0 fully saturated rings. The Kier molecular flexibility index (Phi) is 2.81. The zero-order valence-electron chi connectivity index (χ0n) is 8.56. The zero-order valence-corrected chi connectivity index (χ0v) is 11.0. The summed E-state index contributed by atoms with van der Waals surface area (Å²) in [6, 6.07) is 1.65. The molecule has 2 heterocycles. The molecule has 0 bridgehead atoms. The van der Waals surface area contributed by atoms with Gasteiger partial charge in [-0.15, -0.1) is 16.4 Å². The number of thiophene rings is 1. The van der Waals surface area contributed by atoms with E-state index in [0.29, 0.717) is 9.48 Å². The van der Waals surface area contributed by atoms with Gasteiger partial charge in [-0.05, 0) is 34.5 Å². The highest BCUT2D eigenvalue weighted by molar-refractivity contribution is 9.10. The molecule has 0 saturated heterocycles. The van der Waals surface area contributed by atoms with Crippen LogP contribution in [0.4, 0.5) is 0 Å². The molecule has 16 heavy (non-hydrogen) atoms.